The summed E-state index contributed by atoms with van der Waals surface area (Å²) in [5.74, 6) is 0.845. The first-order chi connectivity index (χ1) is 9.81. The third-order valence-corrected chi connectivity index (χ3v) is 3.62. The summed E-state index contributed by atoms with van der Waals surface area (Å²) in [6, 6.07) is 4.08. The van der Waals surface area contributed by atoms with E-state index in [4.69, 9.17) is 4.74 Å². The van der Waals surface area contributed by atoms with Gasteiger partial charge in [0.2, 0.25) is 0 Å². The average Bonchev–Trinajstić information content (AvgIpc) is 2.85. The van der Waals surface area contributed by atoms with Crippen molar-refractivity contribution < 1.29 is 9.53 Å². The molecule has 5 nitrogen and oxygen atoms in total. The zero-order chi connectivity index (χ0) is 15.6. The summed E-state index contributed by atoms with van der Waals surface area (Å²) in [4.78, 5) is 18.7. The number of rotatable bonds is 2. The van der Waals surface area contributed by atoms with Gasteiger partial charge in [-0.25, -0.2) is 9.78 Å². The van der Waals surface area contributed by atoms with Gasteiger partial charge in [-0.3, -0.25) is 0 Å². The summed E-state index contributed by atoms with van der Waals surface area (Å²) in [5, 5.41) is 3.03. The zero-order valence-electron chi connectivity index (χ0n) is 13.6. The summed E-state index contributed by atoms with van der Waals surface area (Å²) in [6.07, 6.45) is 1.72. The predicted molar refractivity (Wildman–Crippen MR) is 83.4 cm³/mol. The Morgan fingerprint density at radius 2 is 2.14 bits per heavy atom. The summed E-state index contributed by atoms with van der Waals surface area (Å²) in [5.41, 5.74) is 1.60. The normalized spacial score (nSPS) is 18.7. The Morgan fingerprint density at radius 3 is 2.71 bits per heavy atom. The van der Waals surface area contributed by atoms with E-state index >= 15 is 0 Å². The molecule has 2 rings (SSSR count). The SMILES string of the molecule is CNc1ccc([C@@H]2CCCN2C(=O)OC(C)(C)C)c(C)n1. The second kappa shape index (κ2) is 5.92. The summed E-state index contributed by atoms with van der Waals surface area (Å²) in [7, 11) is 1.85. The highest BCUT2D eigenvalue weighted by atomic mass is 16.6. The lowest BCUT2D eigenvalue weighted by molar-refractivity contribution is 0.0224. The Kier molecular flexibility index (Phi) is 4.40. The second-order valence-electron chi connectivity index (χ2n) is 6.45. The zero-order valence-corrected chi connectivity index (χ0v) is 13.6. The lowest BCUT2D eigenvalue weighted by Crippen LogP contribution is -2.36. The van der Waals surface area contributed by atoms with E-state index in [9.17, 15) is 4.79 Å². The number of carbonyl (C=O) groups is 1. The smallest absolute Gasteiger partial charge is 0.410 e. The lowest BCUT2D eigenvalue weighted by Gasteiger charge is -2.29. The fraction of sp³-hybridized carbons (Fsp3) is 0.625. The van der Waals surface area contributed by atoms with Crippen LogP contribution in [0.2, 0.25) is 0 Å². The highest BCUT2D eigenvalue weighted by Gasteiger charge is 2.34. The van der Waals surface area contributed by atoms with Crippen molar-refractivity contribution in [3.63, 3.8) is 0 Å². The largest absolute Gasteiger partial charge is 0.444 e. The molecule has 116 valence electrons. The van der Waals surface area contributed by atoms with Gasteiger partial charge in [-0.1, -0.05) is 6.07 Å². The molecule has 0 spiro atoms. The van der Waals surface area contributed by atoms with Crippen LogP contribution in [0.5, 0.6) is 0 Å². The molecule has 1 aliphatic rings. The maximum atomic E-state index is 12.4. The number of aromatic nitrogens is 1. The molecule has 0 aromatic carbocycles. The van der Waals surface area contributed by atoms with Crippen LogP contribution in [0.15, 0.2) is 12.1 Å². The van der Waals surface area contributed by atoms with Gasteiger partial charge < -0.3 is 15.0 Å². The minimum atomic E-state index is -0.465. The molecule has 0 bridgehead atoms. The molecule has 1 aromatic heterocycles. The third kappa shape index (κ3) is 3.65. The van der Waals surface area contributed by atoms with Gasteiger partial charge in [-0.05, 0) is 52.2 Å². The number of hydrogen-bond acceptors (Lipinski definition) is 4. The molecule has 2 heterocycles. The number of carbonyl (C=O) groups excluding carboxylic acids is 1. The van der Waals surface area contributed by atoms with Crippen LogP contribution < -0.4 is 5.32 Å². The van der Waals surface area contributed by atoms with Crippen LogP contribution in [-0.2, 0) is 4.74 Å². The summed E-state index contributed by atoms with van der Waals surface area (Å²) in [6.45, 7) is 8.41. The molecule has 5 heteroatoms. The summed E-state index contributed by atoms with van der Waals surface area (Å²) >= 11 is 0. The predicted octanol–water partition coefficient (Wildman–Crippen LogP) is 3.50. The quantitative estimate of drug-likeness (QED) is 0.906. The van der Waals surface area contributed by atoms with Gasteiger partial charge in [0.15, 0.2) is 0 Å². The average molecular weight is 291 g/mol. The van der Waals surface area contributed by atoms with E-state index in [0.717, 1.165) is 36.5 Å². The van der Waals surface area contributed by atoms with Crippen LogP contribution in [0.3, 0.4) is 0 Å². The molecule has 1 amide bonds. The molecule has 0 unspecified atom stereocenters. The lowest BCUT2D eigenvalue weighted by atomic mass is 10.0. The first-order valence-electron chi connectivity index (χ1n) is 7.47. The molecule has 1 saturated heterocycles. The Hall–Kier alpha value is -1.78. The van der Waals surface area contributed by atoms with Crippen LogP contribution in [0, 0.1) is 6.92 Å². The molecule has 0 saturated carbocycles. The molecule has 1 N–H and O–H groups in total. The van der Waals surface area contributed by atoms with Crippen molar-refractivity contribution in [2.75, 3.05) is 18.9 Å². The van der Waals surface area contributed by atoms with Crippen LogP contribution >= 0.6 is 0 Å². The number of ether oxygens (including phenoxy) is 1. The number of aryl methyl sites for hydroxylation is 1. The molecular formula is C16H25N3O2. The Labute approximate surface area is 126 Å². The highest BCUT2D eigenvalue weighted by molar-refractivity contribution is 5.69. The maximum Gasteiger partial charge on any atom is 0.410 e. The van der Waals surface area contributed by atoms with Crippen LogP contribution in [0.25, 0.3) is 0 Å². The topological polar surface area (TPSA) is 54.5 Å². The van der Waals surface area contributed by atoms with Crippen LogP contribution in [0.4, 0.5) is 10.6 Å². The van der Waals surface area contributed by atoms with Crippen molar-refractivity contribution in [3.8, 4) is 0 Å². The van der Waals surface area contributed by atoms with Crippen molar-refractivity contribution in [2.45, 2.75) is 52.2 Å². The molecule has 1 aliphatic heterocycles. The van der Waals surface area contributed by atoms with Crippen molar-refractivity contribution in [1.82, 2.24) is 9.88 Å². The third-order valence-electron chi connectivity index (χ3n) is 3.62. The highest BCUT2D eigenvalue weighted by Crippen LogP contribution is 2.34. The molecule has 1 aromatic rings. The van der Waals surface area contributed by atoms with Gasteiger partial charge in [0, 0.05) is 19.3 Å². The number of amides is 1. The van der Waals surface area contributed by atoms with Crippen molar-refractivity contribution in [2.24, 2.45) is 0 Å². The van der Waals surface area contributed by atoms with E-state index in [1.165, 1.54) is 0 Å². The van der Waals surface area contributed by atoms with Crippen LogP contribution in [0.1, 0.15) is 50.9 Å². The molecule has 0 radical (unpaired) electrons. The Bertz CT molecular complexity index is 523. The number of hydrogen-bond donors (Lipinski definition) is 1. The van der Waals surface area contributed by atoms with Gasteiger partial charge in [0.25, 0.3) is 0 Å². The Balaban J connectivity index is 2.20. The monoisotopic (exact) mass is 291 g/mol. The van der Waals surface area contributed by atoms with Gasteiger partial charge in [-0.15, -0.1) is 0 Å². The minimum absolute atomic E-state index is 0.0678. The molecule has 1 fully saturated rings. The minimum Gasteiger partial charge on any atom is -0.444 e. The van der Waals surface area contributed by atoms with Crippen LogP contribution in [-0.4, -0.2) is 35.2 Å². The van der Waals surface area contributed by atoms with E-state index in [1.807, 2.05) is 45.7 Å². The number of nitrogens with one attached hydrogen (secondary N) is 1. The van der Waals surface area contributed by atoms with Crippen molar-refractivity contribution >= 4 is 11.9 Å². The van der Waals surface area contributed by atoms with Gasteiger partial charge in [0.1, 0.15) is 11.4 Å². The first kappa shape index (κ1) is 15.6. The number of anilines is 1. The number of likely N-dealkylation sites (tertiary alicyclic amines) is 1. The number of pyridine rings is 1. The number of nitrogens with zero attached hydrogens (tertiary/aromatic N) is 2. The van der Waals surface area contributed by atoms with E-state index in [1.54, 1.807) is 0 Å². The Morgan fingerprint density at radius 1 is 1.43 bits per heavy atom. The van der Waals surface area contributed by atoms with E-state index in [-0.39, 0.29) is 12.1 Å². The van der Waals surface area contributed by atoms with Gasteiger partial charge in [0.05, 0.1) is 6.04 Å². The molecule has 21 heavy (non-hydrogen) atoms. The molecular weight excluding hydrogens is 266 g/mol. The standard InChI is InChI=1S/C16H25N3O2/c1-11-12(8-9-14(17-5)18-11)13-7-6-10-19(13)15(20)21-16(2,3)4/h8-9,13H,6-7,10H2,1-5H3,(H,17,18)/t13-/m0/s1. The van der Waals surface area contributed by atoms with E-state index < -0.39 is 5.60 Å². The fourth-order valence-electron chi connectivity index (χ4n) is 2.69. The first-order valence-corrected chi connectivity index (χ1v) is 7.47. The molecule has 0 aliphatic carbocycles. The molecule has 1 atom stereocenters. The van der Waals surface area contributed by atoms with E-state index in [2.05, 4.69) is 16.4 Å². The van der Waals surface area contributed by atoms with Gasteiger partial charge >= 0.3 is 6.09 Å². The second-order valence-corrected chi connectivity index (χ2v) is 6.45. The van der Waals surface area contributed by atoms with Crippen molar-refractivity contribution in [1.29, 1.82) is 0 Å². The van der Waals surface area contributed by atoms with E-state index in [0.29, 0.717) is 0 Å². The van der Waals surface area contributed by atoms with Crippen molar-refractivity contribution in [3.05, 3.63) is 23.4 Å². The van der Waals surface area contributed by atoms with Gasteiger partial charge in [-0.2, -0.15) is 0 Å². The summed E-state index contributed by atoms with van der Waals surface area (Å²) < 4.78 is 5.51. The fourth-order valence-corrected chi connectivity index (χ4v) is 2.69. The maximum absolute atomic E-state index is 12.4.